The van der Waals surface area contributed by atoms with E-state index in [1.54, 1.807) is 37.2 Å². The fourth-order valence-electron chi connectivity index (χ4n) is 2.28. The number of carbonyl (C=O) groups is 2. The molecule has 0 aliphatic heterocycles. The van der Waals surface area contributed by atoms with Gasteiger partial charge in [-0.3, -0.25) is 14.9 Å². The molecule has 1 amide bonds. The van der Waals surface area contributed by atoms with Gasteiger partial charge in [-0.05, 0) is 24.3 Å². The van der Waals surface area contributed by atoms with Crippen LogP contribution in [-0.2, 0) is 4.74 Å². The average Bonchev–Trinajstić information content (AvgIpc) is 2.60. The highest BCUT2D eigenvalue weighted by Crippen LogP contribution is 2.28. The first-order valence-corrected chi connectivity index (χ1v) is 7.76. The van der Waals surface area contributed by atoms with Gasteiger partial charge < -0.3 is 15.0 Å². The van der Waals surface area contributed by atoms with Crippen molar-refractivity contribution in [1.82, 2.24) is 0 Å². The topological polar surface area (TPSA) is 102 Å². The third kappa shape index (κ3) is 4.28. The number of non-ortho nitro benzene ring substituents is 1. The zero-order valence-corrected chi connectivity index (χ0v) is 15.0. The second-order valence-corrected chi connectivity index (χ2v) is 5.96. The summed E-state index contributed by atoms with van der Waals surface area (Å²) in [7, 11) is 4.74. The van der Waals surface area contributed by atoms with Gasteiger partial charge in [0.2, 0.25) is 0 Å². The fourth-order valence-corrected chi connectivity index (χ4v) is 2.45. The molecule has 8 nitrogen and oxygen atoms in total. The van der Waals surface area contributed by atoms with Crippen LogP contribution in [-0.4, -0.2) is 38.0 Å². The molecule has 0 spiro atoms. The van der Waals surface area contributed by atoms with Gasteiger partial charge in [-0.25, -0.2) is 4.79 Å². The zero-order chi connectivity index (χ0) is 19.4. The molecule has 136 valence electrons. The monoisotopic (exact) mass is 377 g/mol. The van der Waals surface area contributed by atoms with E-state index in [9.17, 15) is 19.7 Å². The van der Waals surface area contributed by atoms with Crippen molar-refractivity contribution in [3.8, 4) is 0 Å². The summed E-state index contributed by atoms with van der Waals surface area (Å²) >= 11 is 5.98. The Kier molecular flexibility index (Phi) is 5.78. The molecule has 0 heterocycles. The van der Waals surface area contributed by atoms with Crippen LogP contribution < -0.4 is 10.2 Å². The molecular weight excluding hydrogens is 362 g/mol. The van der Waals surface area contributed by atoms with Crippen LogP contribution in [0.15, 0.2) is 36.4 Å². The molecule has 9 heteroatoms. The lowest BCUT2D eigenvalue weighted by Crippen LogP contribution is -2.17. The van der Waals surface area contributed by atoms with E-state index in [1.807, 2.05) is 0 Å². The molecule has 2 rings (SSSR count). The molecule has 0 saturated heterocycles. The summed E-state index contributed by atoms with van der Waals surface area (Å²) in [5.74, 6) is -1.40. The Hall–Kier alpha value is -3.13. The van der Waals surface area contributed by atoms with E-state index in [0.717, 1.165) is 19.2 Å². The van der Waals surface area contributed by atoms with Crippen molar-refractivity contribution >= 4 is 40.5 Å². The zero-order valence-electron chi connectivity index (χ0n) is 14.3. The molecule has 0 aromatic heterocycles. The number of nitrogens with zero attached hydrogens (tertiary/aromatic N) is 2. The van der Waals surface area contributed by atoms with Crippen LogP contribution in [0, 0.1) is 10.1 Å². The lowest BCUT2D eigenvalue weighted by atomic mass is 10.1. The largest absolute Gasteiger partial charge is 0.465 e. The van der Waals surface area contributed by atoms with Crippen molar-refractivity contribution in [2.24, 2.45) is 0 Å². The van der Waals surface area contributed by atoms with Gasteiger partial charge in [0.1, 0.15) is 0 Å². The second-order valence-electron chi connectivity index (χ2n) is 5.53. The van der Waals surface area contributed by atoms with Crippen molar-refractivity contribution in [3.05, 3.63) is 62.7 Å². The molecule has 1 N–H and O–H groups in total. The van der Waals surface area contributed by atoms with Crippen molar-refractivity contribution in [1.29, 1.82) is 0 Å². The summed E-state index contributed by atoms with van der Waals surface area (Å²) < 4.78 is 4.57. The van der Waals surface area contributed by atoms with Crippen molar-refractivity contribution in [2.45, 2.75) is 0 Å². The van der Waals surface area contributed by atoms with Crippen LogP contribution >= 0.6 is 11.6 Å². The predicted octanol–water partition coefficient (Wildman–Crippen LogP) is 3.35. The lowest BCUT2D eigenvalue weighted by molar-refractivity contribution is -0.384. The summed E-state index contributed by atoms with van der Waals surface area (Å²) in [6, 6.07) is 8.33. The molecule has 2 aromatic carbocycles. The Morgan fingerprint density at radius 2 is 1.81 bits per heavy atom. The number of halogens is 1. The van der Waals surface area contributed by atoms with Gasteiger partial charge in [0.25, 0.3) is 11.6 Å². The number of nitro benzene ring substituents is 1. The number of amides is 1. The maximum absolute atomic E-state index is 12.6. The predicted molar refractivity (Wildman–Crippen MR) is 98.2 cm³/mol. The van der Waals surface area contributed by atoms with Crippen LogP contribution in [0.1, 0.15) is 20.7 Å². The number of anilines is 2. The lowest BCUT2D eigenvalue weighted by Gasteiger charge is -2.18. The molecule has 0 unspecified atom stereocenters. The van der Waals surface area contributed by atoms with Gasteiger partial charge in [-0.15, -0.1) is 0 Å². The Labute approximate surface area is 154 Å². The first kappa shape index (κ1) is 19.2. The SMILES string of the molecule is COC(=O)c1cc(C(=O)Nc2cc(Cl)ccc2N(C)C)cc([N+](=O)[O-])c1. The number of carbonyl (C=O) groups excluding carboxylic acids is 2. The highest BCUT2D eigenvalue weighted by molar-refractivity contribution is 6.31. The number of nitro groups is 1. The molecule has 2 aromatic rings. The minimum Gasteiger partial charge on any atom is -0.465 e. The molecule has 26 heavy (non-hydrogen) atoms. The van der Waals surface area contributed by atoms with Crippen LogP contribution in [0.2, 0.25) is 5.02 Å². The number of methoxy groups -OCH3 is 1. The molecule has 0 aliphatic rings. The second kappa shape index (κ2) is 7.83. The van der Waals surface area contributed by atoms with E-state index < -0.39 is 22.5 Å². The molecule has 0 aliphatic carbocycles. The van der Waals surface area contributed by atoms with E-state index in [1.165, 1.54) is 6.07 Å². The van der Waals surface area contributed by atoms with Crippen molar-refractivity contribution < 1.29 is 19.2 Å². The van der Waals surface area contributed by atoms with E-state index in [-0.39, 0.29) is 11.1 Å². The maximum Gasteiger partial charge on any atom is 0.338 e. The molecule has 0 bridgehead atoms. The smallest absolute Gasteiger partial charge is 0.338 e. The van der Waals surface area contributed by atoms with Gasteiger partial charge in [0, 0.05) is 36.8 Å². The van der Waals surface area contributed by atoms with Gasteiger partial charge in [-0.2, -0.15) is 0 Å². The summed E-state index contributed by atoms with van der Waals surface area (Å²) in [6.45, 7) is 0. The Morgan fingerprint density at radius 1 is 1.15 bits per heavy atom. The van der Waals surface area contributed by atoms with E-state index in [0.29, 0.717) is 16.4 Å². The molecule has 0 radical (unpaired) electrons. The minimum absolute atomic E-state index is 0.0516. The van der Waals surface area contributed by atoms with Crippen LogP contribution in [0.3, 0.4) is 0 Å². The van der Waals surface area contributed by atoms with Crippen molar-refractivity contribution in [2.75, 3.05) is 31.4 Å². The maximum atomic E-state index is 12.6. The third-order valence-electron chi connectivity index (χ3n) is 3.50. The first-order chi connectivity index (χ1) is 12.2. The van der Waals surface area contributed by atoms with Crippen LogP contribution in [0.4, 0.5) is 17.1 Å². The van der Waals surface area contributed by atoms with Crippen LogP contribution in [0.25, 0.3) is 0 Å². The van der Waals surface area contributed by atoms with Crippen molar-refractivity contribution in [3.63, 3.8) is 0 Å². The standard InChI is InChI=1S/C17H16ClN3O5/c1-20(2)15-5-4-12(18)9-14(15)19-16(22)10-6-11(17(23)26-3)8-13(7-10)21(24)25/h4-9H,1-3H3,(H,19,22). The normalized spacial score (nSPS) is 10.2. The number of rotatable bonds is 5. The van der Waals surface area contributed by atoms with Gasteiger partial charge in [0.05, 0.1) is 29.0 Å². The number of benzene rings is 2. The van der Waals surface area contributed by atoms with Gasteiger partial charge in [0.15, 0.2) is 0 Å². The first-order valence-electron chi connectivity index (χ1n) is 7.39. The Bertz CT molecular complexity index is 883. The van der Waals surface area contributed by atoms with Crippen LogP contribution in [0.5, 0.6) is 0 Å². The number of ether oxygens (including phenoxy) is 1. The fraction of sp³-hybridized carbons (Fsp3) is 0.176. The Morgan fingerprint density at radius 3 is 2.38 bits per heavy atom. The molecule has 0 atom stereocenters. The number of hydrogen-bond acceptors (Lipinski definition) is 6. The van der Waals surface area contributed by atoms with E-state index >= 15 is 0 Å². The van der Waals surface area contributed by atoms with Gasteiger partial charge >= 0.3 is 5.97 Å². The third-order valence-corrected chi connectivity index (χ3v) is 3.74. The highest BCUT2D eigenvalue weighted by Gasteiger charge is 2.19. The minimum atomic E-state index is -0.778. The molecular formula is C17H16ClN3O5. The van der Waals surface area contributed by atoms with E-state index in [2.05, 4.69) is 10.1 Å². The average molecular weight is 378 g/mol. The molecule has 0 fully saturated rings. The number of esters is 1. The summed E-state index contributed by atoms with van der Waals surface area (Å²) in [6.07, 6.45) is 0. The molecule has 0 saturated carbocycles. The van der Waals surface area contributed by atoms with E-state index in [4.69, 9.17) is 11.6 Å². The number of hydrogen-bond donors (Lipinski definition) is 1. The Balaban J connectivity index is 2.44. The summed E-state index contributed by atoms with van der Waals surface area (Å²) in [5, 5.41) is 14.2. The van der Waals surface area contributed by atoms with Gasteiger partial charge in [-0.1, -0.05) is 11.6 Å². The summed E-state index contributed by atoms with van der Waals surface area (Å²) in [5.41, 5.74) is 0.590. The number of nitrogens with one attached hydrogen (secondary N) is 1. The summed E-state index contributed by atoms with van der Waals surface area (Å²) in [4.78, 5) is 36.5. The quantitative estimate of drug-likeness (QED) is 0.487. The highest BCUT2D eigenvalue weighted by atomic mass is 35.5.